The van der Waals surface area contributed by atoms with Gasteiger partial charge in [-0.15, -0.1) is 0 Å². The fourth-order valence-corrected chi connectivity index (χ4v) is 5.63. The lowest BCUT2D eigenvalue weighted by atomic mass is 9.95. The lowest BCUT2D eigenvalue weighted by Gasteiger charge is -2.32. The highest BCUT2D eigenvalue weighted by Crippen LogP contribution is 2.41. The predicted molar refractivity (Wildman–Crippen MR) is 150 cm³/mol. The summed E-state index contributed by atoms with van der Waals surface area (Å²) in [5.74, 6) is 0.399. The first-order valence-electron chi connectivity index (χ1n) is 13.3. The number of benzene rings is 2. The average molecular weight is 622 g/mol. The molecule has 0 saturated carbocycles. The zero-order chi connectivity index (χ0) is 30.8. The van der Waals surface area contributed by atoms with Gasteiger partial charge in [-0.05, 0) is 84.1 Å². The number of imide groups is 1. The first-order valence-corrected chi connectivity index (χ1v) is 14.1. The number of nitrogens with one attached hydrogen (secondary N) is 2. The van der Waals surface area contributed by atoms with Crippen LogP contribution in [-0.2, 0) is 23.7 Å². The van der Waals surface area contributed by atoms with Gasteiger partial charge in [-0.2, -0.15) is 26.3 Å². The molecule has 226 valence electrons. The second-order valence-electron chi connectivity index (χ2n) is 10.2. The maximum atomic E-state index is 13.7. The molecule has 1 aromatic heterocycles. The Morgan fingerprint density at radius 1 is 1.00 bits per heavy atom. The van der Waals surface area contributed by atoms with E-state index in [1.54, 1.807) is 36.5 Å². The molecule has 2 aromatic carbocycles. The van der Waals surface area contributed by atoms with Crippen LogP contribution in [0, 0.1) is 5.92 Å². The van der Waals surface area contributed by atoms with Gasteiger partial charge in [-0.3, -0.25) is 14.9 Å². The van der Waals surface area contributed by atoms with E-state index in [4.69, 9.17) is 0 Å². The minimum atomic E-state index is -4.95. The Labute approximate surface area is 246 Å². The smallest absolute Gasteiger partial charge is 0.341 e. The van der Waals surface area contributed by atoms with Crippen LogP contribution in [0.5, 0.6) is 0 Å². The molecule has 7 nitrogen and oxygen atoms in total. The molecule has 0 spiro atoms. The van der Waals surface area contributed by atoms with Crippen LogP contribution in [0.3, 0.4) is 0 Å². The van der Waals surface area contributed by atoms with E-state index in [-0.39, 0.29) is 22.1 Å². The summed E-state index contributed by atoms with van der Waals surface area (Å²) in [5.41, 5.74) is -1.58. The van der Waals surface area contributed by atoms with Gasteiger partial charge in [0.15, 0.2) is 0 Å². The number of rotatable bonds is 7. The molecule has 2 aliphatic rings. The number of alkyl halides is 6. The zero-order valence-electron chi connectivity index (χ0n) is 22.4. The van der Waals surface area contributed by atoms with Crippen molar-refractivity contribution in [3.05, 3.63) is 82.0 Å². The number of thioether (sulfide) groups is 1. The van der Waals surface area contributed by atoms with Gasteiger partial charge in [0.2, 0.25) is 5.95 Å². The Morgan fingerprint density at radius 3 is 2.44 bits per heavy atom. The third kappa shape index (κ3) is 7.54. The van der Waals surface area contributed by atoms with E-state index < -0.39 is 34.6 Å². The minimum absolute atomic E-state index is 0.153. The van der Waals surface area contributed by atoms with Crippen molar-refractivity contribution in [3.8, 4) is 11.1 Å². The summed E-state index contributed by atoms with van der Waals surface area (Å²) in [4.78, 5) is 34.3. The maximum Gasteiger partial charge on any atom is 0.417 e. The number of carbonyl (C=O) groups excluding carboxylic acids is 2. The standard InChI is InChI=1S/C29H25F6N5O2S/c30-28(31,32)20-4-5-22(23(13-20)29(33,34)35)19-3-1-2-18(12-19)16-36-15-17-7-10-40(11-8-17)26-37-9-6-21(38-26)14-24-25(41)39-27(42)43-24/h1-6,9,12-14,17,36H,7-8,10-11,15-16H2,(H,39,41,42)/b24-14-. The Bertz CT molecular complexity index is 1550. The molecule has 14 heteroatoms. The number of aromatic nitrogens is 2. The number of carbonyl (C=O) groups is 2. The van der Waals surface area contributed by atoms with Crippen LogP contribution in [-0.4, -0.2) is 40.7 Å². The van der Waals surface area contributed by atoms with Crippen LogP contribution >= 0.6 is 11.8 Å². The molecule has 0 radical (unpaired) electrons. The number of hydrogen-bond acceptors (Lipinski definition) is 7. The Kier molecular flexibility index (Phi) is 8.79. The summed E-state index contributed by atoms with van der Waals surface area (Å²) in [6.07, 6.45) is -5.01. The van der Waals surface area contributed by atoms with Crippen LogP contribution in [0.2, 0.25) is 0 Å². The number of anilines is 1. The molecule has 2 N–H and O–H groups in total. The average Bonchev–Trinajstić information content (AvgIpc) is 3.28. The Hall–Kier alpha value is -3.91. The third-order valence-corrected chi connectivity index (χ3v) is 7.95. The second-order valence-corrected chi connectivity index (χ2v) is 11.2. The van der Waals surface area contributed by atoms with Crippen molar-refractivity contribution in [2.45, 2.75) is 31.7 Å². The van der Waals surface area contributed by atoms with Crippen LogP contribution in [0.1, 0.15) is 35.2 Å². The normalized spacial score (nSPS) is 17.5. The van der Waals surface area contributed by atoms with Gasteiger partial charge in [0, 0.05) is 25.8 Å². The van der Waals surface area contributed by atoms with Crippen LogP contribution in [0.15, 0.2) is 59.6 Å². The highest BCUT2D eigenvalue weighted by molar-refractivity contribution is 8.18. The molecule has 2 aliphatic heterocycles. The second kappa shape index (κ2) is 12.4. The lowest BCUT2D eigenvalue weighted by molar-refractivity contribution is -0.142. The van der Waals surface area contributed by atoms with Crippen molar-refractivity contribution in [3.63, 3.8) is 0 Å². The molecule has 43 heavy (non-hydrogen) atoms. The summed E-state index contributed by atoms with van der Waals surface area (Å²) >= 11 is 0.817. The van der Waals surface area contributed by atoms with E-state index >= 15 is 0 Å². The molecule has 0 aliphatic carbocycles. The summed E-state index contributed by atoms with van der Waals surface area (Å²) in [6.45, 7) is 2.44. The number of amides is 2. The fourth-order valence-electron chi connectivity index (χ4n) is 4.96. The number of piperidine rings is 1. The summed E-state index contributed by atoms with van der Waals surface area (Å²) in [6, 6.07) is 9.67. The van der Waals surface area contributed by atoms with E-state index in [1.165, 1.54) is 6.07 Å². The van der Waals surface area contributed by atoms with Crippen molar-refractivity contribution < 1.29 is 35.9 Å². The Morgan fingerprint density at radius 2 is 1.77 bits per heavy atom. The van der Waals surface area contributed by atoms with Crippen molar-refractivity contribution in [1.82, 2.24) is 20.6 Å². The van der Waals surface area contributed by atoms with Crippen molar-refractivity contribution >= 4 is 34.9 Å². The predicted octanol–water partition coefficient (Wildman–Crippen LogP) is 6.51. The van der Waals surface area contributed by atoms with Crippen LogP contribution < -0.4 is 15.5 Å². The Balaban J connectivity index is 1.16. The maximum absolute atomic E-state index is 13.7. The number of nitrogens with zero attached hydrogens (tertiary/aromatic N) is 3. The highest BCUT2D eigenvalue weighted by atomic mass is 32.2. The van der Waals surface area contributed by atoms with Crippen molar-refractivity contribution in [2.75, 3.05) is 24.5 Å². The monoisotopic (exact) mass is 621 g/mol. The largest absolute Gasteiger partial charge is 0.417 e. The molecule has 3 heterocycles. The quantitative estimate of drug-likeness (QED) is 0.230. The van der Waals surface area contributed by atoms with E-state index in [1.807, 2.05) is 4.90 Å². The topological polar surface area (TPSA) is 87.2 Å². The van der Waals surface area contributed by atoms with E-state index in [9.17, 15) is 35.9 Å². The van der Waals surface area contributed by atoms with Gasteiger partial charge in [0.05, 0.1) is 21.7 Å². The number of hydrogen-bond donors (Lipinski definition) is 2. The van der Waals surface area contributed by atoms with Crippen molar-refractivity contribution in [1.29, 1.82) is 0 Å². The van der Waals surface area contributed by atoms with Gasteiger partial charge in [-0.25, -0.2) is 9.97 Å². The minimum Gasteiger partial charge on any atom is -0.341 e. The van der Waals surface area contributed by atoms with Crippen LogP contribution in [0.25, 0.3) is 17.2 Å². The van der Waals surface area contributed by atoms with E-state index in [0.717, 1.165) is 30.7 Å². The van der Waals surface area contributed by atoms with Gasteiger partial charge in [0.1, 0.15) is 0 Å². The molecule has 0 bridgehead atoms. The molecule has 5 rings (SSSR count). The van der Waals surface area contributed by atoms with Gasteiger partial charge < -0.3 is 10.2 Å². The fraction of sp³-hybridized carbons (Fsp3) is 0.310. The third-order valence-electron chi connectivity index (χ3n) is 7.14. The van der Waals surface area contributed by atoms with Gasteiger partial charge >= 0.3 is 12.4 Å². The molecular weight excluding hydrogens is 596 g/mol. The first kappa shape index (κ1) is 30.5. The zero-order valence-corrected chi connectivity index (χ0v) is 23.2. The molecule has 2 fully saturated rings. The number of halogens is 6. The molecule has 3 aromatic rings. The molecule has 2 saturated heterocycles. The SMILES string of the molecule is O=C1NC(=O)/C(=C/c2ccnc(N3CCC(CNCc4cccc(-c5ccc(C(F)(F)F)cc5C(F)(F)F)c4)CC3)n2)S1. The highest BCUT2D eigenvalue weighted by Gasteiger charge is 2.38. The summed E-state index contributed by atoms with van der Waals surface area (Å²) < 4.78 is 80.1. The van der Waals surface area contributed by atoms with Crippen molar-refractivity contribution in [2.24, 2.45) is 5.92 Å². The lowest BCUT2D eigenvalue weighted by Crippen LogP contribution is -2.38. The first-order chi connectivity index (χ1) is 20.4. The van der Waals surface area contributed by atoms with Crippen LogP contribution in [0.4, 0.5) is 37.1 Å². The van der Waals surface area contributed by atoms with E-state index in [0.29, 0.717) is 55.4 Å². The van der Waals surface area contributed by atoms with E-state index in [2.05, 4.69) is 20.6 Å². The molecular formula is C29H25F6N5O2S. The molecule has 0 unspecified atom stereocenters. The molecule has 0 atom stereocenters. The van der Waals surface area contributed by atoms with Gasteiger partial charge in [-0.1, -0.05) is 24.3 Å². The summed E-state index contributed by atoms with van der Waals surface area (Å²) in [5, 5.41) is 5.12. The summed E-state index contributed by atoms with van der Waals surface area (Å²) in [7, 11) is 0. The molecule has 2 amide bonds. The van der Waals surface area contributed by atoms with Gasteiger partial charge in [0.25, 0.3) is 11.1 Å².